The van der Waals surface area contributed by atoms with Crippen LogP contribution in [0.1, 0.15) is 64.1 Å². The fraction of sp³-hybridized carbons (Fsp3) is 0.385. The number of benzene rings is 2. The quantitative estimate of drug-likeness (QED) is 0.544. The second kappa shape index (κ2) is 11.0. The lowest BCUT2D eigenvalue weighted by Gasteiger charge is -2.21. The van der Waals surface area contributed by atoms with Gasteiger partial charge in [0, 0.05) is 32.6 Å². The molecule has 2 aromatic carbocycles. The lowest BCUT2D eigenvalue weighted by atomic mass is 10.0. The van der Waals surface area contributed by atoms with Gasteiger partial charge in [0.2, 0.25) is 5.91 Å². The maximum Gasteiger partial charge on any atom is 0.261 e. The first-order valence-corrected chi connectivity index (χ1v) is 11.4. The number of aryl methyl sites for hydroxylation is 1. The Labute approximate surface area is 199 Å². The normalized spacial score (nSPS) is 13.5. The zero-order valence-corrected chi connectivity index (χ0v) is 20.1. The lowest BCUT2D eigenvalue weighted by Crippen LogP contribution is -2.33. The highest BCUT2D eigenvalue weighted by Gasteiger charge is 2.35. The number of para-hydroxylation sites is 1. The monoisotopic (exact) mass is 465 g/mol. The summed E-state index contributed by atoms with van der Waals surface area (Å²) in [5, 5.41) is 3.00. The van der Waals surface area contributed by atoms with Crippen LogP contribution in [0.2, 0.25) is 0 Å². The van der Waals surface area contributed by atoms with Crippen molar-refractivity contribution in [3.8, 4) is 5.75 Å². The van der Waals surface area contributed by atoms with E-state index in [4.69, 9.17) is 4.74 Å². The molecular formula is C26H31N3O5. The Kier molecular flexibility index (Phi) is 8.04. The van der Waals surface area contributed by atoms with Crippen LogP contribution in [0, 0.1) is 6.92 Å². The number of nitrogens with zero attached hydrogens (tertiary/aromatic N) is 2. The Morgan fingerprint density at radius 2 is 1.76 bits per heavy atom. The molecule has 0 radical (unpaired) electrons. The van der Waals surface area contributed by atoms with Crippen LogP contribution in [0.3, 0.4) is 0 Å². The Balaban J connectivity index is 1.56. The summed E-state index contributed by atoms with van der Waals surface area (Å²) in [5.41, 5.74) is 2.54. The van der Waals surface area contributed by atoms with Gasteiger partial charge in [0.1, 0.15) is 5.75 Å². The van der Waals surface area contributed by atoms with Crippen LogP contribution in [0.25, 0.3) is 0 Å². The van der Waals surface area contributed by atoms with Gasteiger partial charge < -0.3 is 15.0 Å². The van der Waals surface area contributed by atoms with Gasteiger partial charge in [-0.25, -0.2) is 0 Å². The molecule has 34 heavy (non-hydrogen) atoms. The Morgan fingerprint density at radius 1 is 1.06 bits per heavy atom. The lowest BCUT2D eigenvalue weighted by molar-refractivity contribution is -0.130. The maximum absolute atomic E-state index is 12.7. The van der Waals surface area contributed by atoms with Crippen molar-refractivity contribution >= 4 is 23.6 Å². The van der Waals surface area contributed by atoms with Gasteiger partial charge in [0.25, 0.3) is 17.7 Å². The number of rotatable bonds is 10. The first-order chi connectivity index (χ1) is 16.2. The van der Waals surface area contributed by atoms with Crippen LogP contribution in [-0.2, 0) is 9.59 Å². The molecule has 180 valence electrons. The first kappa shape index (κ1) is 25.0. The summed E-state index contributed by atoms with van der Waals surface area (Å²) in [4.78, 5) is 52.4. The Bertz CT molecular complexity index is 1100. The summed E-state index contributed by atoms with van der Waals surface area (Å²) in [6, 6.07) is 12.2. The van der Waals surface area contributed by atoms with Crippen molar-refractivity contribution in [2.24, 2.45) is 0 Å². The average molecular weight is 466 g/mol. The van der Waals surface area contributed by atoms with Crippen molar-refractivity contribution in [2.75, 3.05) is 27.2 Å². The molecule has 0 aromatic heterocycles. The zero-order valence-electron chi connectivity index (χ0n) is 20.1. The number of hydrogen-bond donors (Lipinski definition) is 1. The fourth-order valence-electron chi connectivity index (χ4n) is 3.84. The van der Waals surface area contributed by atoms with E-state index in [2.05, 4.69) is 5.32 Å². The summed E-state index contributed by atoms with van der Waals surface area (Å²) in [7, 11) is 3.32. The van der Waals surface area contributed by atoms with Gasteiger partial charge in [0.15, 0.2) is 6.61 Å². The number of likely N-dealkylation sites (N-methyl/N-ethyl adjacent to an activating group) is 1. The SMILES string of the molecule is CCC(NC(=O)CCCN1C(=O)c2ccc(C)cc2C1=O)c1ccccc1OCC(=O)N(C)C. The smallest absolute Gasteiger partial charge is 0.261 e. The molecular weight excluding hydrogens is 434 g/mol. The molecule has 0 saturated heterocycles. The van der Waals surface area contributed by atoms with E-state index in [1.165, 1.54) is 9.80 Å². The van der Waals surface area contributed by atoms with Crippen LogP contribution in [0.5, 0.6) is 5.75 Å². The minimum Gasteiger partial charge on any atom is -0.483 e. The minimum absolute atomic E-state index is 0.0891. The van der Waals surface area contributed by atoms with Gasteiger partial charge in [0.05, 0.1) is 17.2 Å². The second-order valence-electron chi connectivity index (χ2n) is 8.56. The molecule has 1 heterocycles. The standard InChI is InChI=1S/C26H31N3O5/c1-5-21(19-9-6-7-10-22(19)34-16-24(31)28(3)4)27-23(30)11-8-14-29-25(32)18-13-12-17(2)15-20(18)26(29)33/h6-7,9-10,12-13,15,21H,5,8,11,14,16H2,1-4H3,(H,27,30). The number of hydrogen-bond acceptors (Lipinski definition) is 5. The predicted molar refractivity (Wildman–Crippen MR) is 128 cm³/mol. The Hall–Kier alpha value is -3.68. The summed E-state index contributed by atoms with van der Waals surface area (Å²) in [5.74, 6) is -0.418. The molecule has 1 N–H and O–H groups in total. The number of imide groups is 1. The van der Waals surface area contributed by atoms with Crippen molar-refractivity contribution < 1.29 is 23.9 Å². The molecule has 1 aliphatic rings. The molecule has 3 rings (SSSR count). The van der Waals surface area contributed by atoms with Gasteiger partial charge >= 0.3 is 0 Å². The van der Waals surface area contributed by atoms with E-state index in [0.29, 0.717) is 29.7 Å². The van der Waals surface area contributed by atoms with E-state index in [0.717, 1.165) is 11.1 Å². The number of fused-ring (bicyclic) bond motifs is 1. The van der Waals surface area contributed by atoms with Crippen LogP contribution < -0.4 is 10.1 Å². The van der Waals surface area contributed by atoms with Crippen molar-refractivity contribution in [3.63, 3.8) is 0 Å². The van der Waals surface area contributed by atoms with E-state index >= 15 is 0 Å². The number of ether oxygens (including phenoxy) is 1. The largest absolute Gasteiger partial charge is 0.483 e. The highest BCUT2D eigenvalue weighted by Crippen LogP contribution is 2.28. The average Bonchev–Trinajstić information content (AvgIpc) is 3.05. The number of nitrogens with one attached hydrogen (secondary N) is 1. The predicted octanol–water partition coefficient (Wildman–Crippen LogP) is 3.11. The van der Waals surface area contributed by atoms with Crippen LogP contribution >= 0.6 is 0 Å². The third-order valence-electron chi connectivity index (χ3n) is 5.80. The van der Waals surface area contributed by atoms with E-state index in [1.807, 2.05) is 38.1 Å². The van der Waals surface area contributed by atoms with E-state index in [1.54, 1.807) is 32.3 Å². The molecule has 2 aromatic rings. The van der Waals surface area contributed by atoms with Gasteiger partial charge in [-0.3, -0.25) is 24.1 Å². The van der Waals surface area contributed by atoms with Gasteiger partial charge in [-0.1, -0.05) is 36.8 Å². The minimum atomic E-state index is -0.315. The molecule has 8 heteroatoms. The summed E-state index contributed by atoms with van der Waals surface area (Å²) in [6.45, 7) is 3.92. The highest BCUT2D eigenvalue weighted by molar-refractivity contribution is 6.21. The van der Waals surface area contributed by atoms with E-state index in [9.17, 15) is 19.2 Å². The zero-order chi connectivity index (χ0) is 24.8. The highest BCUT2D eigenvalue weighted by atomic mass is 16.5. The van der Waals surface area contributed by atoms with Gasteiger partial charge in [-0.2, -0.15) is 0 Å². The summed E-state index contributed by atoms with van der Waals surface area (Å²) < 4.78 is 5.71. The molecule has 0 aliphatic carbocycles. The second-order valence-corrected chi connectivity index (χ2v) is 8.56. The molecule has 4 amide bonds. The summed E-state index contributed by atoms with van der Waals surface area (Å²) in [6.07, 6.45) is 1.17. The molecule has 0 saturated carbocycles. The van der Waals surface area contributed by atoms with Gasteiger partial charge in [-0.15, -0.1) is 0 Å². The van der Waals surface area contributed by atoms with Crippen LogP contribution in [-0.4, -0.2) is 60.7 Å². The fourth-order valence-corrected chi connectivity index (χ4v) is 3.84. The van der Waals surface area contributed by atoms with Crippen LogP contribution in [0.4, 0.5) is 0 Å². The first-order valence-electron chi connectivity index (χ1n) is 11.4. The molecule has 0 fully saturated rings. The number of carbonyl (C=O) groups excluding carboxylic acids is 4. The number of carbonyl (C=O) groups is 4. The topological polar surface area (TPSA) is 96.0 Å². The molecule has 1 unspecified atom stereocenters. The van der Waals surface area contributed by atoms with E-state index in [-0.39, 0.29) is 49.2 Å². The van der Waals surface area contributed by atoms with Crippen molar-refractivity contribution in [1.82, 2.24) is 15.1 Å². The van der Waals surface area contributed by atoms with Crippen molar-refractivity contribution in [2.45, 2.75) is 39.2 Å². The molecule has 0 spiro atoms. The maximum atomic E-state index is 12.7. The summed E-state index contributed by atoms with van der Waals surface area (Å²) >= 11 is 0. The third kappa shape index (κ3) is 5.62. The van der Waals surface area contributed by atoms with Crippen LogP contribution in [0.15, 0.2) is 42.5 Å². The molecule has 8 nitrogen and oxygen atoms in total. The number of amides is 4. The van der Waals surface area contributed by atoms with Crippen molar-refractivity contribution in [3.05, 3.63) is 64.7 Å². The molecule has 1 atom stereocenters. The van der Waals surface area contributed by atoms with Crippen molar-refractivity contribution in [1.29, 1.82) is 0 Å². The van der Waals surface area contributed by atoms with Gasteiger partial charge in [-0.05, 0) is 38.0 Å². The Morgan fingerprint density at radius 3 is 2.47 bits per heavy atom. The molecule has 1 aliphatic heterocycles. The van der Waals surface area contributed by atoms with E-state index < -0.39 is 0 Å². The molecule has 0 bridgehead atoms. The third-order valence-corrected chi connectivity index (χ3v) is 5.80.